The molecule has 0 spiro atoms. The number of carbonyl (C=O) groups is 3. The van der Waals surface area contributed by atoms with E-state index in [0.29, 0.717) is 24.3 Å². The van der Waals surface area contributed by atoms with Gasteiger partial charge in [0.1, 0.15) is 23.4 Å². The van der Waals surface area contributed by atoms with Gasteiger partial charge >= 0.3 is 5.97 Å². The Kier molecular flexibility index (Phi) is 10.7. The van der Waals surface area contributed by atoms with E-state index in [-0.39, 0.29) is 18.4 Å². The molecule has 0 aromatic heterocycles. The summed E-state index contributed by atoms with van der Waals surface area (Å²) in [6, 6.07) is 21.7. The quantitative estimate of drug-likeness (QED) is 0.221. The summed E-state index contributed by atoms with van der Waals surface area (Å²) in [5.74, 6) is -2.98. The minimum absolute atomic E-state index is 0.273. The maximum atomic E-state index is 13.9. The second-order valence-electron chi connectivity index (χ2n) is 13.0. The highest BCUT2D eigenvalue weighted by atomic mass is 19.1. The van der Waals surface area contributed by atoms with Gasteiger partial charge in [-0.25, -0.2) is 9.18 Å². The average Bonchev–Trinajstić information content (AvgIpc) is 3.25. The molecule has 9 heteroatoms. The number of carbonyl (C=O) groups excluding carboxylic acids is 3. The van der Waals surface area contributed by atoms with Crippen molar-refractivity contribution in [2.24, 2.45) is 11.3 Å². The number of hydrogen-bond acceptors (Lipinski definition) is 6. The fraction of sp³-hybridized carbons (Fsp3) is 0.417. The van der Waals surface area contributed by atoms with Crippen molar-refractivity contribution in [2.45, 2.75) is 84.8 Å². The van der Waals surface area contributed by atoms with Gasteiger partial charge in [-0.1, -0.05) is 75.4 Å². The van der Waals surface area contributed by atoms with Gasteiger partial charge < -0.3 is 24.8 Å². The Bertz CT molecular complexity index is 1490. The van der Waals surface area contributed by atoms with Gasteiger partial charge in [-0.05, 0) is 60.9 Å². The zero-order valence-electron chi connectivity index (χ0n) is 26.8. The van der Waals surface area contributed by atoms with Gasteiger partial charge in [0.05, 0.1) is 12.0 Å². The van der Waals surface area contributed by atoms with Crippen molar-refractivity contribution in [3.05, 3.63) is 95.8 Å². The van der Waals surface area contributed by atoms with Gasteiger partial charge in [-0.15, -0.1) is 0 Å². The molecule has 2 amide bonds. The Labute approximate surface area is 264 Å². The summed E-state index contributed by atoms with van der Waals surface area (Å²) >= 11 is 0. The Morgan fingerprint density at radius 3 is 2.29 bits per heavy atom. The molecule has 3 aromatic carbocycles. The Morgan fingerprint density at radius 2 is 1.64 bits per heavy atom. The van der Waals surface area contributed by atoms with E-state index in [4.69, 9.17) is 14.2 Å². The van der Waals surface area contributed by atoms with E-state index in [2.05, 4.69) is 10.6 Å². The standard InChI is InChI=1S/C36H43FN2O6/c1-23(24-14-8-7-9-15-24)38-33(41)31(35(2,3)4)39-32(40)28(30-34(42)45-36(5,6)44-30)20-12-17-25-16-10-11-21-29(25)43-27-19-13-18-26(37)22-27/h7-11,13-16,18-19,21-23,28,30-31H,12,17,20H2,1-6H3,(H,38,41)(H,39,40)/t23-,28-,30+,31-/m1/s1. The summed E-state index contributed by atoms with van der Waals surface area (Å²) in [6.45, 7) is 10.8. The minimum Gasteiger partial charge on any atom is -0.457 e. The van der Waals surface area contributed by atoms with Crippen LogP contribution in [0, 0.1) is 17.2 Å². The molecule has 1 heterocycles. The first-order chi connectivity index (χ1) is 21.2. The second-order valence-corrected chi connectivity index (χ2v) is 13.0. The van der Waals surface area contributed by atoms with Gasteiger partial charge in [0.2, 0.25) is 17.6 Å². The molecule has 1 aliphatic heterocycles. The number of cyclic esters (lactones) is 1. The van der Waals surface area contributed by atoms with Crippen molar-refractivity contribution in [1.29, 1.82) is 0 Å². The number of esters is 1. The van der Waals surface area contributed by atoms with Crippen LogP contribution in [-0.4, -0.2) is 35.7 Å². The first-order valence-corrected chi connectivity index (χ1v) is 15.3. The minimum atomic E-state index is -1.18. The monoisotopic (exact) mass is 618 g/mol. The predicted octanol–water partition coefficient (Wildman–Crippen LogP) is 6.64. The van der Waals surface area contributed by atoms with Crippen molar-refractivity contribution >= 4 is 17.8 Å². The lowest BCUT2D eigenvalue weighted by Crippen LogP contribution is -2.56. The van der Waals surface area contributed by atoms with Gasteiger partial charge in [0.25, 0.3) is 0 Å². The number of nitrogens with one attached hydrogen (secondary N) is 2. The molecule has 4 atom stereocenters. The van der Waals surface area contributed by atoms with E-state index in [1.807, 2.05) is 76.2 Å². The molecule has 1 fully saturated rings. The Morgan fingerprint density at radius 1 is 0.956 bits per heavy atom. The molecule has 0 saturated carbocycles. The highest BCUT2D eigenvalue weighted by Gasteiger charge is 2.48. The van der Waals surface area contributed by atoms with E-state index in [0.717, 1.165) is 11.1 Å². The lowest BCUT2D eigenvalue weighted by atomic mass is 9.84. The molecule has 0 aliphatic carbocycles. The van der Waals surface area contributed by atoms with Crippen LogP contribution in [0.15, 0.2) is 78.9 Å². The third kappa shape index (κ3) is 9.14. The molecule has 0 bridgehead atoms. The van der Waals surface area contributed by atoms with Crippen LogP contribution in [0.4, 0.5) is 4.39 Å². The van der Waals surface area contributed by atoms with Crippen LogP contribution in [0.2, 0.25) is 0 Å². The number of ether oxygens (including phenoxy) is 3. The van der Waals surface area contributed by atoms with Gasteiger partial charge in [0, 0.05) is 19.9 Å². The fourth-order valence-electron chi connectivity index (χ4n) is 5.37. The first-order valence-electron chi connectivity index (χ1n) is 15.3. The first kappa shape index (κ1) is 33.6. The van der Waals surface area contributed by atoms with Gasteiger partial charge in [-0.3, -0.25) is 9.59 Å². The molecule has 1 aliphatic rings. The van der Waals surface area contributed by atoms with Crippen LogP contribution in [0.1, 0.15) is 71.6 Å². The van der Waals surface area contributed by atoms with Crippen molar-refractivity contribution < 1.29 is 33.0 Å². The molecule has 45 heavy (non-hydrogen) atoms. The lowest BCUT2D eigenvalue weighted by Gasteiger charge is -2.33. The molecule has 0 unspecified atom stereocenters. The zero-order chi connectivity index (χ0) is 32.8. The molecule has 240 valence electrons. The summed E-state index contributed by atoms with van der Waals surface area (Å²) in [6.07, 6.45) is 0.144. The number of hydrogen-bond donors (Lipinski definition) is 2. The second kappa shape index (κ2) is 14.2. The normalized spacial score (nSPS) is 17.9. The maximum Gasteiger partial charge on any atom is 0.338 e. The Balaban J connectivity index is 1.50. The van der Waals surface area contributed by atoms with Crippen LogP contribution in [0.5, 0.6) is 11.5 Å². The molecular weight excluding hydrogens is 575 g/mol. The number of halogens is 1. The van der Waals surface area contributed by atoms with Crippen LogP contribution in [0.3, 0.4) is 0 Å². The SMILES string of the molecule is C[C@@H](NC(=O)[C@@H](NC(=O)[C@H](CCCc1ccccc1Oc1cccc(F)c1)[C@@H]1OC(C)(C)OC1=O)C(C)(C)C)c1ccccc1. The predicted molar refractivity (Wildman–Crippen MR) is 169 cm³/mol. The Hall–Kier alpha value is -4.24. The number of amides is 2. The third-order valence-electron chi connectivity index (χ3n) is 7.72. The highest BCUT2D eigenvalue weighted by molar-refractivity contribution is 5.92. The highest BCUT2D eigenvalue weighted by Crippen LogP contribution is 2.33. The molecule has 1 saturated heterocycles. The lowest BCUT2D eigenvalue weighted by molar-refractivity contribution is -0.162. The largest absolute Gasteiger partial charge is 0.457 e. The number of benzene rings is 3. The molecule has 2 N–H and O–H groups in total. The van der Waals surface area contributed by atoms with Crippen LogP contribution < -0.4 is 15.4 Å². The summed E-state index contributed by atoms with van der Waals surface area (Å²) in [7, 11) is 0. The van der Waals surface area contributed by atoms with Crippen LogP contribution >= 0.6 is 0 Å². The smallest absolute Gasteiger partial charge is 0.338 e. The maximum absolute atomic E-state index is 13.9. The van der Waals surface area contributed by atoms with Crippen molar-refractivity contribution in [2.75, 3.05) is 0 Å². The van der Waals surface area contributed by atoms with E-state index >= 15 is 0 Å². The van der Waals surface area contributed by atoms with Gasteiger partial charge in [-0.2, -0.15) is 0 Å². The number of para-hydroxylation sites is 1. The van der Waals surface area contributed by atoms with E-state index in [1.165, 1.54) is 12.1 Å². The van der Waals surface area contributed by atoms with E-state index < -0.39 is 47.0 Å². The van der Waals surface area contributed by atoms with Crippen molar-refractivity contribution in [1.82, 2.24) is 10.6 Å². The van der Waals surface area contributed by atoms with Crippen molar-refractivity contribution in [3.8, 4) is 11.5 Å². The molecule has 0 radical (unpaired) electrons. The average molecular weight is 619 g/mol. The summed E-state index contributed by atoms with van der Waals surface area (Å²) in [4.78, 5) is 40.4. The van der Waals surface area contributed by atoms with E-state index in [1.54, 1.807) is 32.0 Å². The van der Waals surface area contributed by atoms with Crippen LogP contribution in [-0.2, 0) is 30.3 Å². The molecule has 3 aromatic rings. The summed E-state index contributed by atoms with van der Waals surface area (Å²) in [5, 5.41) is 5.96. The summed E-state index contributed by atoms with van der Waals surface area (Å²) in [5.41, 5.74) is 1.16. The fourth-order valence-corrected chi connectivity index (χ4v) is 5.37. The number of rotatable bonds is 12. The van der Waals surface area contributed by atoms with E-state index in [9.17, 15) is 18.8 Å². The van der Waals surface area contributed by atoms with Crippen molar-refractivity contribution in [3.63, 3.8) is 0 Å². The van der Waals surface area contributed by atoms with Crippen LogP contribution in [0.25, 0.3) is 0 Å². The zero-order valence-corrected chi connectivity index (χ0v) is 26.8. The topological polar surface area (TPSA) is 103 Å². The molecule has 8 nitrogen and oxygen atoms in total. The van der Waals surface area contributed by atoms with Gasteiger partial charge in [0.15, 0.2) is 6.10 Å². The summed E-state index contributed by atoms with van der Waals surface area (Å²) < 4.78 is 31.0. The molecule has 4 rings (SSSR count). The molecular formula is C36H43FN2O6. The number of aryl methyl sites for hydroxylation is 1. The third-order valence-corrected chi connectivity index (χ3v) is 7.72.